The molecule has 2 aromatic heterocycles. The van der Waals surface area contributed by atoms with Crippen LogP contribution >= 0.6 is 0 Å². The summed E-state index contributed by atoms with van der Waals surface area (Å²) < 4.78 is 0. The minimum absolute atomic E-state index is 0.231. The van der Waals surface area contributed by atoms with Gasteiger partial charge >= 0.3 is 5.97 Å². The van der Waals surface area contributed by atoms with E-state index in [-0.39, 0.29) is 5.56 Å². The van der Waals surface area contributed by atoms with Crippen LogP contribution in [-0.4, -0.2) is 21.0 Å². The van der Waals surface area contributed by atoms with Gasteiger partial charge in [-0.05, 0) is 30.7 Å². The van der Waals surface area contributed by atoms with E-state index in [0.717, 1.165) is 33.0 Å². The van der Waals surface area contributed by atoms with Crippen LogP contribution in [0.4, 0.5) is 0 Å². The standard InChI is InChI=1S/C20H14N2O2/c1-12-4-2-3-5-14(12)19-16-8-9-21-11-17(16)15-7-6-13(20(23)24)10-18(15)22-19/h2-11H,1H3,(H,23,24). The molecule has 4 heteroatoms. The van der Waals surface area contributed by atoms with E-state index in [4.69, 9.17) is 4.98 Å². The first-order chi connectivity index (χ1) is 11.6. The third-order valence-corrected chi connectivity index (χ3v) is 4.24. The van der Waals surface area contributed by atoms with Gasteiger partial charge in [-0.1, -0.05) is 30.3 Å². The Balaban J connectivity index is 2.15. The summed E-state index contributed by atoms with van der Waals surface area (Å²) in [7, 11) is 0. The molecule has 0 saturated carbocycles. The molecular formula is C20H14N2O2. The molecule has 2 heterocycles. The van der Waals surface area contributed by atoms with Gasteiger partial charge in [-0.15, -0.1) is 0 Å². The highest BCUT2D eigenvalue weighted by molar-refractivity contribution is 6.11. The number of carbonyl (C=O) groups is 1. The molecule has 0 radical (unpaired) electrons. The maximum atomic E-state index is 11.3. The van der Waals surface area contributed by atoms with Gasteiger partial charge < -0.3 is 5.11 Å². The molecule has 0 aliphatic heterocycles. The largest absolute Gasteiger partial charge is 0.478 e. The fourth-order valence-electron chi connectivity index (χ4n) is 3.03. The SMILES string of the molecule is Cc1ccccc1-c1nc2cc(C(=O)O)ccc2c2cnccc12. The molecule has 4 nitrogen and oxygen atoms in total. The zero-order valence-electron chi connectivity index (χ0n) is 13.0. The number of nitrogens with zero attached hydrogens (tertiary/aromatic N) is 2. The van der Waals surface area contributed by atoms with Crippen molar-refractivity contribution in [3.05, 3.63) is 72.1 Å². The van der Waals surface area contributed by atoms with E-state index < -0.39 is 5.97 Å². The Labute approximate surface area is 138 Å². The number of carboxylic acids is 1. The second kappa shape index (κ2) is 5.42. The van der Waals surface area contributed by atoms with Crippen LogP contribution in [0, 0.1) is 6.92 Å². The number of aryl methyl sites for hydroxylation is 1. The summed E-state index contributed by atoms with van der Waals surface area (Å²) in [6, 6.07) is 15.0. The molecule has 0 unspecified atom stereocenters. The zero-order chi connectivity index (χ0) is 16.7. The lowest BCUT2D eigenvalue weighted by molar-refractivity contribution is 0.0697. The van der Waals surface area contributed by atoms with Gasteiger partial charge in [0.25, 0.3) is 0 Å². The zero-order valence-corrected chi connectivity index (χ0v) is 13.0. The van der Waals surface area contributed by atoms with Crippen LogP contribution < -0.4 is 0 Å². The average molecular weight is 314 g/mol. The maximum absolute atomic E-state index is 11.3. The van der Waals surface area contributed by atoms with E-state index in [1.54, 1.807) is 24.4 Å². The van der Waals surface area contributed by atoms with E-state index in [2.05, 4.69) is 4.98 Å². The van der Waals surface area contributed by atoms with Crippen LogP contribution in [0.1, 0.15) is 15.9 Å². The summed E-state index contributed by atoms with van der Waals surface area (Å²) in [6.45, 7) is 2.04. The number of aromatic carboxylic acids is 1. The minimum Gasteiger partial charge on any atom is -0.478 e. The van der Waals surface area contributed by atoms with E-state index >= 15 is 0 Å². The van der Waals surface area contributed by atoms with Crippen molar-refractivity contribution in [2.45, 2.75) is 6.92 Å². The molecule has 1 N–H and O–H groups in total. The highest BCUT2D eigenvalue weighted by Crippen LogP contribution is 2.33. The second-order valence-corrected chi connectivity index (χ2v) is 5.73. The topological polar surface area (TPSA) is 63.1 Å². The molecular weight excluding hydrogens is 300 g/mol. The first kappa shape index (κ1) is 14.3. The molecule has 24 heavy (non-hydrogen) atoms. The molecule has 0 amide bonds. The van der Waals surface area contributed by atoms with Gasteiger partial charge in [0.05, 0.1) is 16.8 Å². The van der Waals surface area contributed by atoms with Gasteiger partial charge in [-0.2, -0.15) is 0 Å². The van der Waals surface area contributed by atoms with Crippen LogP contribution in [0.3, 0.4) is 0 Å². The Morgan fingerprint density at radius 1 is 1.00 bits per heavy atom. The van der Waals surface area contributed by atoms with Crippen molar-refractivity contribution in [3.8, 4) is 11.3 Å². The summed E-state index contributed by atoms with van der Waals surface area (Å²) in [5.41, 5.74) is 3.90. The first-order valence-corrected chi connectivity index (χ1v) is 7.62. The Kier molecular flexibility index (Phi) is 3.24. The lowest BCUT2D eigenvalue weighted by atomic mass is 9.98. The molecule has 0 bridgehead atoms. The molecule has 116 valence electrons. The molecule has 0 aliphatic rings. The van der Waals surface area contributed by atoms with Gasteiger partial charge in [-0.3, -0.25) is 4.98 Å². The predicted octanol–water partition coefficient (Wildman–Crippen LogP) is 4.46. The Bertz CT molecular complexity index is 1100. The van der Waals surface area contributed by atoms with E-state index in [0.29, 0.717) is 5.52 Å². The number of aromatic nitrogens is 2. The van der Waals surface area contributed by atoms with Crippen LogP contribution in [0.15, 0.2) is 60.9 Å². The van der Waals surface area contributed by atoms with Gasteiger partial charge in [-0.25, -0.2) is 9.78 Å². The van der Waals surface area contributed by atoms with Gasteiger partial charge in [0, 0.05) is 34.1 Å². The predicted molar refractivity (Wildman–Crippen MR) is 94.2 cm³/mol. The van der Waals surface area contributed by atoms with Crippen molar-refractivity contribution in [2.75, 3.05) is 0 Å². The van der Waals surface area contributed by atoms with E-state index in [1.807, 2.05) is 43.5 Å². The number of benzene rings is 2. The van der Waals surface area contributed by atoms with Gasteiger partial charge in [0.2, 0.25) is 0 Å². The smallest absolute Gasteiger partial charge is 0.335 e. The minimum atomic E-state index is -0.956. The summed E-state index contributed by atoms with van der Waals surface area (Å²) in [4.78, 5) is 20.3. The van der Waals surface area contributed by atoms with Crippen LogP contribution in [0.25, 0.3) is 32.9 Å². The molecule has 2 aromatic carbocycles. The van der Waals surface area contributed by atoms with Crippen LogP contribution in [0.2, 0.25) is 0 Å². The third kappa shape index (κ3) is 2.20. The Morgan fingerprint density at radius 3 is 2.62 bits per heavy atom. The normalized spacial score (nSPS) is 11.0. The molecule has 0 fully saturated rings. The van der Waals surface area contributed by atoms with Crippen molar-refractivity contribution in [3.63, 3.8) is 0 Å². The highest BCUT2D eigenvalue weighted by atomic mass is 16.4. The molecule has 0 atom stereocenters. The monoisotopic (exact) mass is 314 g/mol. The Morgan fingerprint density at radius 2 is 1.83 bits per heavy atom. The van der Waals surface area contributed by atoms with Crippen molar-refractivity contribution < 1.29 is 9.90 Å². The highest BCUT2D eigenvalue weighted by Gasteiger charge is 2.13. The third-order valence-electron chi connectivity index (χ3n) is 4.24. The van der Waals surface area contributed by atoms with E-state index in [1.165, 1.54) is 0 Å². The van der Waals surface area contributed by atoms with Crippen molar-refractivity contribution >= 4 is 27.6 Å². The summed E-state index contributed by atoms with van der Waals surface area (Å²) in [5, 5.41) is 12.1. The quantitative estimate of drug-likeness (QED) is 0.555. The Hall–Kier alpha value is -3.27. The number of fused-ring (bicyclic) bond motifs is 3. The van der Waals surface area contributed by atoms with Crippen LogP contribution in [-0.2, 0) is 0 Å². The summed E-state index contributed by atoms with van der Waals surface area (Å²) in [6.07, 6.45) is 3.56. The fourth-order valence-corrected chi connectivity index (χ4v) is 3.03. The molecule has 4 aromatic rings. The van der Waals surface area contributed by atoms with E-state index in [9.17, 15) is 9.90 Å². The number of carboxylic acid groups (broad SMARTS) is 1. The van der Waals surface area contributed by atoms with Crippen molar-refractivity contribution in [1.82, 2.24) is 9.97 Å². The maximum Gasteiger partial charge on any atom is 0.335 e. The number of pyridine rings is 2. The molecule has 0 saturated heterocycles. The first-order valence-electron chi connectivity index (χ1n) is 7.62. The number of hydrogen-bond donors (Lipinski definition) is 1. The summed E-state index contributed by atoms with van der Waals surface area (Å²) in [5.74, 6) is -0.956. The lowest BCUT2D eigenvalue weighted by Gasteiger charge is -2.11. The molecule has 0 aliphatic carbocycles. The van der Waals surface area contributed by atoms with Crippen molar-refractivity contribution in [1.29, 1.82) is 0 Å². The fraction of sp³-hybridized carbons (Fsp3) is 0.0500. The lowest BCUT2D eigenvalue weighted by Crippen LogP contribution is -1.97. The van der Waals surface area contributed by atoms with Crippen LogP contribution in [0.5, 0.6) is 0 Å². The molecule has 4 rings (SSSR count). The number of rotatable bonds is 2. The summed E-state index contributed by atoms with van der Waals surface area (Å²) >= 11 is 0. The van der Waals surface area contributed by atoms with Gasteiger partial charge in [0.1, 0.15) is 0 Å². The van der Waals surface area contributed by atoms with Gasteiger partial charge in [0.15, 0.2) is 0 Å². The molecule has 0 spiro atoms. The average Bonchev–Trinajstić information content (AvgIpc) is 2.61. The second-order valence-electron chi connectivity index (χ2n) is 5.73. The van der Waals surface area contributed by atoms with Crippen molar-refractivity contribution in [2.24, 2.45) is 0 Å². The number of hydrogen-bond acceptors (Lipinski definition) is 3.